The summed E-state index contributed by atoms with van der Waals surface area (Å²) in [4.78, 5) is 14.2. The Morgan fingerprint density at radius 1 is 1.52 bits per heavy atom. The molecular formula is C16H24FN3O. The number of anilines is 1. The van der Waals surface area contributed by atoms with Crippen LogP contribution in [-0.2, 0) is 4.79 Å². The minimum atomic E-state index is -0.342. The number of amides is 1. The van der Waals surface area contributed by atoms with Crippen molar-refractivity contribution in [2.45, 2.75) is 32.7 Å². The molecule has 1 aliphatic heterocycles. The molecule has 3 N–H and O–H groups in total. The molecule has 1 amide bonds. The Bertz CT molecular complexity index is 506. The number of hydrogen-bond acceptors (Lipinski definition) is 3. The number of carbonyl (C=O) groups is 1. The number of benzene rings is 1. The zero-order valence-corrected chi connectivity index (χ0v) is 12.7. The second-order valence-electron chi connectivity index (χ2n) is 5.86. The minimum absolute atomic E-state index is 0.103. The quantitative estimate of drug-likeness (QED) is 0.894. The number of carbonyl (C=O) groups excluding carboxylic acids is 1. The second kappa shape index (κ2) is 7.00. The lowest BCUT2D eigenvalue weighted by Gasteiger charge is -2.36. The van der Waals surface area contributed by atoms with Gasteiger partial charge in [-0.05, 0) is 37.0 Å². The highest BCUT2D eigenvalue weighted by atomic mass is 19.1. The van der Waals surface area contributed by atoms with E-state index in [0.29, 0.717) is 18.2 Å². The monoisotopic (exact) mass is 293 g/mol. The standard InChI is InChI=1S/C16H24FN3O/c1-3-12-9-20(7-6-14(12)18)10-16(21)19-15-8-13(17)5-4-11(15)2/h4-5,8,12,14H,3,6-7,9-10,18H2,1-2H3,(H,19,21). The van der Waals surface area contributed by atoms with Crippen LogP contribution in [-0.4, -0.2) is 36.5 Å². The van der Waals surface area contributed by atoms with Gasteiger partial charge in [-0.1, -0.05) is 19.4 Å². The second-order valence-corrected chi connectivity index (χ2v) is 5.86. The van der Waals surface area contributed by atoms with Crippen LogP contribution < -0.4 is 11.1 Å². The van der Waals surface area contributed by atoms with Crippen LogP contribution in [0.25, 0.3) is 0 Å². The maximum Gasteiger partial charge on any atom is 0.238 e. The van der Waals surface area contributed by atoms with Crippen molar-refractivity contribution in [3.8, 4) is 0 Å². The van der Waals surface area contributed by atoms with Gasteiger partial charge in [-0.3, -0.25) is 9.69 Å². The minimum Gasteiger partial charge on any atom is -0.327 e. The van der Waals surface area contributed by atoms with E-state index in [-0.39, 0.29) is 17.8 Å². The van der Waals surface area contributed by atoms with E-state index < -0.39 is 0 Å². The lowest BCUT2D eigenvalue weighted by atomic mass is 9.91. The number of aryl methyl sites for hydroxylation is 1. The van der Waals surface area contributed by atoms with Gasteiger partial charge in [-0.2, -0.15) is 0 Å². The maximum atomic E-state index is 13.2. The topological polar surface area (TPSA) is 58.4 Å². The number of likely N-dealkylation sites (tertiary alicyclic amines) is 1. The van der Waals surface area contributed by atoms with Crippen molar-refractivity contribution in [3.63, 3.8) is 0 Å². The molecule has 0 aromatic heterocycles. The Morgan fingerprint density at radius 3 is 3.00 bits per heavy atom. The SMILES string of the molecule is CCC1CN(CC(=O)Nc2cc(F)ccc2C)CCC1N. The molecule has 1 heterocycles. The van der Waals surface area contributed by atoms with Crippen LogP contribution >= 0.6 is 0 Å². The molecule has 1 aliphatic rings. The van der Waals surface area contributed by atoms with Crippen molar-refractivity contribution in [1.29, 1.82) is 0 Å². The number of nitrogens with zero attached hydrogens (tertiary/aromatic N) is 1. The van der Waals surface area contributed by atoms with Gasteiger partial charge in [0.05, 0.1) is 6.54 Å². The van der Waals surface area contributed by atoms with Crippen LogP contribution in [0.15, 0.2) is 18.2 Å². The van der Waals surface area contributed by atoms with Gasteiger partial charge in [0.25, 0.3) is 0 Å². The van der Waals surface area contributed by atoms with E-state index in [0.717, 1.165) is 31.5 Å². The average molecular weight is 293 g/mol. The van der Waals surface area contributed by atoms with Crippen molar-refractivity contribution in [3.05, 3.63) is 29.6 Å². The van der Waals surface area contributed by atoms with Crippen molar-refractivity contribution in [2.24, 2.45) is 11.7 Å². The van der Waals surface area contributed by atoms with Gasteiger partial charge in [0.2, 0.25) is 5.91 Å². The number of nitrogens with two attached hydrogens (primary N) is 1. The average Bonchev–Trinajstić information content (AvgIpc) is 2.45. The van der Waals surface area contributed by atoms with E-state index in [1.807, 2.05) is 6.92 Å². The number of rotatable bonds is 4. The van der Waals surface area contributed by atoms with Gasteiger partial charge in [-0.25, -0.2) is 4.39 Å². The molecule has 2 atom stereocenters. The summed E-state index contributed by atoms with van der Waals surface area (Å²) in [6, 6.07) is 4.65. The Labute approximate surface area is 125 Å². The summed E-state index contributed by atoms with van der Waals surface area (Å²) in [5.41, 5.74) is 7.47. The summed E-state index contributed by atoms with van der Waals surface area (Å²) in [5, 5.41) is 2.79. The molecule has 21 heavy (non-hydrogen) atoms. The van der Waals surface area contributed by atoms with Crippen LogP contribution in [0.2, 0.25) is 0 Å². The van der Waals surface area contributed by atoms with E-state index in [9.17, 15) is 9.18 Å². The van der Waals surface area contributed by atoms with Gasteiger partial charge in [0, 0.05) is 24.8 Å². The highest BCUT2D eigenvalue weighted by molar-refractivity contribution is 5.92. The molecule has 1 aromatic rings. The molecule has 1 saturated heterocycles. The molecule has 1 fully saturated rings. The normalized spacial score (nSPS) is 23.0. The Kier molecular flexibility index (Phi) is 5.31. The van der Waals surface area contributed by atoms with Crippen LogP contribution in [0.4, 0.5) is 10.1 Å². The molecule has 0 bridgehead atoms. The van der Waals surface area contributed by atoms with Gasteiger partial charge < -0.3 is 11.1 Å². The lowest BCUT2D eigenvalue weighted by Crippen LogP contribution is -2.48. The number of halogens is 1. The van der Waals surface area contributed by atoms with Crippen molar-refractivity contribution >= 4 is 11.6 Å². The van der Waals surface area contributed by atoms with Crippen LogP contribution in [0.1, 0.15) is 25.3 Å². The maximum absolute atomic E-state index is 13.2. The van der Waals surface area contributed by atoms with Gasteiger partial charge >= 0.3 is 0 Å². The fourth-order valence-corrected chi connectivity index (χ4v) is 2.82. The first-order valence-corrected chi connectivity index (χ1v) is 7.53. The Balaban J connectivity index is 1.91. The zero-order valence-electron chi connectivity index (χ0n) is 12.7. The third-order valence-corrected chi connectivity index (χ3v) is 4.24. The molecule has 0 saturated carbocycles. The summed E-state index contributed by atoms with van der Waals surface area (Å²) in [6.07, 6.45) is 1.95. The fourth-order valence-electron chi connectivity index (χ4n) is 2.82. The highest BCUT2D eigenvalue weighted by Crippen LogP contribution is 2.19. The smallest absolute Gasteiger partial charge is 0.238 e. The molecule has 0 aliphatic carbocycles. The van der Waals surface area contributed by atoms with Crippen molar-refractivity contribution in [1.82, 2.24) is 4.90 Å². The molecule has 5 heteroatoms. The molecule has 0 spiro atoms. The third-order valence-electron chi connectivity index (χ3n) is 4.24. The lowest BCUT2D eigenvalue weighted by molar-refractivity contribution is -0.117. The first-order chi connectivity index (χ1) is 9.99. The zero-order chi connectivity index (χ0) is 15.4. The van der Waals surface area contributed by atoms with Crippen molar-refractivity contribution in [2.75, 3.05) is 25.0 Å². The van der Waals surface area contributed by atoms with E-state index in [1.54, 1.807) is 6.07 Å². The van der Waals surface area contributed by atoms with E-state index in [2.05, 4.69) is 17.1 Å². The molecule has 4 nitrogen and oxygen atoms in total. The van der Waals surface area contributed by atoms with E-state index in [1.165, 1.54) is 12.1 Å². The van der Waals surface area contributed by atoms with Crippen LogP contribution in [0.5, 0.6) is 0 Å². The fraction of sp³-hybridized carbons (Fsp3) is 0.562. The van der Waals surface area contributed by atoms with Crippen LogP contribution in [0.3, 0.4) is 0 Å². The number of hydrogen-bond donors (Lipinski definition) is 2. The largest absolute Gasteiger partial charge is 0.327 e. The van der Waals surface area contributed by atoms with Gasteiger partial charge in [-0.15, -0.1) is 0 Å². The summed E-state index contributed by atoms with van der Waals surface area (Å²) < 4.78 is 13.2. The summed E-state index contributed by atoms with van der Waals surface area (Å²) in [5.74, 6) is 0.00220. The van der Waals surface area contributed by atoms with E-state index >= 15 is 0 Å². The first kappa shape index (κ1) is 15.9. The summed E-state index contributed by atoms with van der Waals surface area (Å²) in [7, 11) is 0. The van der Waals surface area contributed by atoms with Crippen molar-refractivity contribution < 1.29 is 9.18 Å². The molecular weight excluding hydrogens is 269 g/mol. The molecule has 2 rings (SSSR count). The van der Waals surface area contributed by atoms with E-state index in [4.69, 9.17) is 5.73 Å². The molecule has 1 aromatic carbocycles. The molecule has 0 radical (unpaired) electrons. The Hall–Kier alpha value is -1.46. The number of piperidine rings is 1. The predicted molar refractivity (Wildman–Crippen MR) is 82.6 cm³/mol. The van der Waals surface area contributed by atoms with Gasteiger partial charge in [0.1, 0.15) is 5.82 Å². The van der Waals surface area contributed by atoms with Crippen LogP contribution in [0, 0.1) is 18.7 Å². The molecule has 2 unspecified atom stereocenters. The third kappa shape index (κ3) is 4.25. The highest BCUT2D eigenvalue weighted by Gasteiger charge is 2.26. The first-order valence-electron chi connectivity index (χ1n) is 7.53. The molecule has 116 valence electrons. The summed E-state index contributed by atoms with van der Waals surface area (Å²) >= 11 is 0. The number of nitrogens with one attached hydrogen (secondary N) is 1. The predicted octanol–water partition coefficient (Wildman–Crippen LogP) is 2.13. The Morgan fingerprint density at radius 2 is 2.29 bits per heavy atom. The van der Waals surface area contributed by atoms with Gasteiger partial charge in [0.15, 0.2) is 0 Å². The summed E-state index contributed by atoms with van der Waals surface area (Å²) in [6.45, 7) is 6.01.